The molecule has 43 nitrogen and oxygen atoms in total. The Balaban J connectivity index is 1.06. The van der Waals surface area contributed by atoms with Crippen molar-refractivity contribution in [3.05, 3.63) is 151 Å². The van der Waals surface area contributed by atoms with Gasteiger partial charge < -0.3 is 30.5 Å². The van der Waals surface area contributed by atoms with Crippen LogP contribution in [0.15, 0.2) is 236 Å². The van der Waals surface area contributed by atoms with Crippen molar-refractivity contribution in [2.75, 3.05) is 17.7 Å². The first-order valence-corrected chi connectivity index (χ1v) is 42.3. The molecule has 0 bridgehead atoms. The Kier molecular flexibility index (Phi) is 24.2. The van der Waals surface area contributed by atoms with Gasteiger partial charge in [0.15, 0.2) is 27.8 Å². The van der Waals surface area contributed by atoms with Crippen molar-refractivity contribution in [3.8, 4) is 28.7 Å². The SMILES string of the molecule is Cc1cc(N=Nc2c(S(=O)(=O)O)cc3c(S(=O)(=O)O)c(N=Nc4c(S(=O)(=O)O)c(N=Nc5ccc6c(O)c(N=Nc7ccccc7S(=O)(=O)O)c(SOOO)cc6c5S(=O)(=O)O)c(O)c5ccc(Nc6ccccc6)cc45)ccc3c2O)c(OCCCSOOO)cc1N=Nc1cc(S(=O)(=O)O)cc2cc(S(=O)(=O)O)cc(O)c12. The Morgan fingerprint density at radius 2 is 0.886 bits per heavy atom. The molecule has 0 aliphatic heterocycles. The summed E-state index contributed by atoms with van der Waals surface area (Å²) in [6.45, 7) is 1.09. The van der Waals surface area contributed by atoms with Gasteiger partial charge in [-0.3, -0.25) is 31.9 Å². The molecule has 0 aliphatic carbocycles. The average Bonchev–Trinajstić information content (AvgIpc) is 0.742. The number of para-hydroxylation sites is 1. The first kappa shape index (κ1) is 84.0. The third-order valence-corrected chi connectivity index (χ3v) is 23.2. The summed E-state index contributed by atoms with van der Waals surface area (Å²) < 4.78 is 270. The molecular weight excluding hydrogens is 1700 g/mol. The summed E-state index contributed by atoms with van der Waals surface area (Å²) in [5.41, 5.74) is -7.34. The van der Waals surface area contributed by atoms with Crippen molar-refractivity contribution < 1.29 is 145 Å². The average molecular weight is 1750 g/mol. The molecule has 0 unspecified atom stereocenters. The van der Waals surface area contributed by atoms with E-state index >= 15 is 0 Å². The van der Waals surface area contributed by atoms with Gasteiger partial charge in [0.1, 0.15) is 70.9 Å². The summed E-state index contributed by atoms with van der Waals surface area (Å²) in [6, 6.07) is 25.5. The van der Waals surface area contributed by atoms with Crippen molar-refractivity contribution in [2.24, 2.45) is 51.1 Å². The molecule has 0 aromatic heterocycles. The number of rotatable bonds is 29. The van der Waals surface area contributed by atoms with Crippen molar-refractivity contribution in [1.29, 1.82) is 0 Å². The lowest BCUT2D eigenvalue weighted by molar-refractivity contribution is -0.432. The number of benzene rings is 11. The summed E-state index contributed by atoms with van der Waals surface area (Å²) in [6.07, 6.45) is 0.0813. The highest BCUT2D eigenvalue weighted by atomic mass is 32.2. The van der Waals surface area contributed by atoms with Crippen LogP contribution in [0.1, 0.15) is 12.0 Å². The maximum atomic E-state index is 14.0. The molecule has 0 saturated heterocycles. The van der Waals surface area contributed by atoms with Crippen LogP contribution in [-0.4, -0.2) is 134 Å². The van der Waals surface area contributed by atoms with Crippen LogP contribution in [0.3, 0.4) is 0 Å². The number of hydrogen-bond donors (Lipinski definition) is 14. The first-order chi connectivity index (χ1) is 53.5. The summed E-state index contributed by atoms with van der Waals surface area (Å²) in [5, 5.41) is 109. The maximum Gasteiger partial charge on any atom is 0.299 e. The molecule has 11 rings (SSSR count). The molecule has 0 aliphatic rings. The molecule has 11 aromatic carbocycles. The summed E-state index contributed by atoms with van der Waals surface area (Å²) in [4.78, 5) is -8.86. The molecular formula is C62H47N11O32S9. The zero-order valence-electron chi connectivity index (χ0n) is 56.2. The van der Waals surface area contributed by atoms with E-state index in [0.29, 0.717) is 35.9 Å². The predicted octanol–water partition coefficient (Wildman–Crippen LogP) is 15.2. The maximum absolute atomic E-state index is 14.0. The Hall–Kier alpha value is -10.9. The van der Waals surface area contributed by atoms with Crippen LogP contribution in [0.4, 0.5) is 68.2 Å². The van der Waals surface area contributed by atoms with Crippen LogP contribution >= 0.6 is 24.1 Å². The minimum Gasteiger partial charge on any atom is -0.507 e. The first-order valence-electron chi connectivity index (χ1n) is 30.6. The van der Waals surface area contributed by atoms with Crippen LogP contribution in [0, 0.1) is 6.92 Å². The number of azo groups is 5. The fraction of sp³-hybridized carbons (Fsp3) is 0.0645. The molecule has 11 aromatic rings. The van der Waals surface area contributed by atoms with E-state index in [0.717, 1.165) is 78.9 Å². The summed E-state index contributed by atoms with van der Waals surface area (Å²) in [7, 11) is -38.4. The van der Waals surface area contributed by atoms with Crippen LogP contribution in [-0.2, 0) is 89.6 Å². The third-order valence-electron chi connectivity index (χ3n) is 15.8. The van der Waals surface area contributed by atoms with Crippen LogP contribution < -0.4 is 10.1 Å². The lowest BCUT2D eigenvalue weighted by atomic mass is 10.0. The third kappa shape index (κ3) is 18.5. The van der Waals surface area contributed by atoms with Gasteiger partial charge in [-0.1, -0.05) is 40.4 Å². The quantitative estimate of drug-likeness (QED) is 0.00517. The second-order valence-electron chi connectivity index (χ2n) is 23.1. The standard InChI is InChI=1S/C62H47N11O32S9/c1-29-20-45(48(101-18-7-19-106-104-102-78)28-44(29)67-69-46-24-33(108(80,81)82)21-30-22-34(109(83,84)85)25-47(74)52(30)46)68-72-55-51(111(89,90)91)27-40-37(58(55)76)15-17-43(61(40)113(95,96)97)65-70-53-38-23-32(63-31-8-3-2-4-9-31)12-13-35(38)59(77)56(62(53)114(98,99)100)73-66-42-16-14-36-39(60(42)112(92,93)94)26-49(107-105-103-79)54(57(36)75)71-64-41-10-5-6-11-50(41)110(86,87)88/h2-6,8-17,20-28,63,74-79H,7,18-19H2,1H3,(H,80,81,82)(H,83,84,85)(H,86,87,88)(H,89,90,91)(H,92,93,94)(H,95,96,97)(H,98,99,100). The molecule has 0 heterocycles. The number of aromatic hydroxyl groups is 4. The highest BCUT2D eigenvalue weighted by molar-refractivity contribution is 7.95. The van der Waals surface area contributed by atoms with Gasteiger partial charge in [0, 0.05) is 73.6 Å². The predicted molar refractivity (Wildman–Crippen MR) is 397 cm³/mol. The molecule has 0 amide bonds. The van der Waals surface area contributed by atoms with Gasteiger partial charge in [-0.2, -0.15) is 64.0 Å². The van der Waals surface area contributed by atoms with E-state index in [4.69, 9.17) is 15.3 Å². The molecule has 0 spiro atoms. The van der Waals surface area contributed by atoms with Gasteiger partial charge in [-0.15, -0.1) is 54.7 Å². The van der Waals surface area contributed by atoms with E-state index in [1.165, 1.54) is 25.1 Å². The number of nitrogens with zero attached hydrogens (tertiary/aromatic N) is 10. The topological polar surface area (TPSA) is 684 Å². The Morgan fingerprint density at radius 1 is 0.386 bits per heavy atom. The minimum atomic E-state index is -5.98. The zero-order valence-corrected chi connectivity index (χ0v) is 63.5. The number of ether oxygens (including phenoxy) is 1. The number of fused-ring (bicyclic) bond motifs is 4. The van der Waals surface area contributed by atoms with Crippen LogP contribution in [0.5, 0.6) is 28.7 Å². The van der Waals surface area contributed by atoms with E-state index in [1.54, 1.807) is 30.3 Å². The fourth-order valence-corrected chi connectivity index (χ4v) is 16.6. The van der Waals surface area contributed by atoms with Gasteiger partial charge >= 0.3 is 0 Å². The van der Waals surface area contributed by atoms with E-state index in [-0.39, 0.29) is 70.0 Å². The molecule has 14 N–H and O–H groups in total. The lowest BCUT2D eigenvalue weighted by Gasteiger charge is -2.15. The van der Waals surface area contributed by atoms with E-state index in [9.17, 15) is 111 Å². The Bertz CT molecular complexity index is 6850. The monoisotopic (exact) mass is 1740 g/mol. The van der Waals surface area contributed by atoms with Crippen LogP contribution in [0.25, 0.3) is 43.1 Å². The number of phenols is 4. The largest absolute Gasteiger partial charge is 0.507 e. The Morgan fingerprint density at radius 3 is 1.48 bits per heavy atom. The van der Waals surface area contributed by atoms with Crippen molar-refractivity contribution in [3.63, 3.8) is 0 Å². The van der Waals surface area contributed by atoms with Crippen molar-refractivity contribution >= 4 is 206 Å². The second kappa shape index (κ2) is 32.9. The van der Waals surface area contributed by atoms with Crippen molar-refractivity contribution in [2.45, 2.75) is 52.5 Å². The van der Waals surface area contributed by atoms with E-state index in [1.807, 2.05) is 0 Å². The number of aryl methyl sites for hydroxylation is 1. The fourth-order valence-electron chi connectivity index (χ4n) is 11.0. The number of phenolic OH excluding ortho intramolecular Hbond substituents is 4. The van der Waals surface area contributed by atoms with Crippen LogP contribution in [0.2, 0.25) is 0 Å². The van der Waals surface area contributed by atoms with Gasteiger partial charge in [-0.25, -0.2) is 10.5 Å². The highest BCUT2D eigenvalue weighted by Crippen LogP contribution is 2.53. The zero-order chi connectivity index (χ0) is 82.9. The molecule has 114 heavy (non-hydrogen) atoms. The van der Waals surface area contributed by atoms with Crippen molar-refractivity contribution in [1.82, 2.24) is 0 Å². The number of hydrogen-bond acceptors (Lipinski definition) is 38. The van der Waals surface area contributed by atoms with Gasteiger partial charge in [0.25, 0.3) is 70.8 Å². The molecule has 0 fully saturated rings. The Labute approximate surface area is 648 Å². The number of anilines is 2. The van der Waals surface area contributed by atoms with Gasteiger partial charge in [0.2, 0.25) is 0 Å². The summed E-state index contributed by atoms with van der Waals surface area (Å²) >= 11 is 0.611. The minimum absolute atomic E-state index is 0.000475. The molecule has 0 radical (unpaired) electrons. The molecule has 596 valence electrons. The second-order valence-corrected chi connectivity index (χ2v) is 34.3. The normalized spacial score (nSPS) is 13.1. The lowest BCUT2D eigenvalue weighted by Crippen LogP contribution is -2.03. The van der Waals surface area contributed by atoms with E-state index < -0.39 is 211 Å². The van der Waals surface area contributed by atoms with Gasteiger partial charge in [0.05, 0.1) is 50.1 Å². The summed E-state index contributed by atoms with van der Waals surface area (Å²) in [5.74, 6) is -4.66. The molecule has 0 saturated carbocycles. The van der Waals surface area contributed by atoms with E-state index in [2.05, 4.69) is 75.2 Å². The highest BCUT2D eigenvalue weighted by Gasteiger charge is 2.33. The molecule has 52 heteroatoms. The molecule has 0 atom stereocenters. The number of nitrogens with one attached hydrogen (secondary N) is 1. The smallest absolute Gasteiger partial charge is 0.299 e. The van der Waals surface area contributed by atoms with Gasteiger partial charge in [-0.05, 0) is 127 Å².